The molecule has 0 atom stereocenters. The SMILES string of the molecule is CCC(C)(C)NC(=O)c1ccc(-c2ccc(C(=O)Nc3ccc(-c4ccc(C(C)(CC)CC)cc4C(F)(F)F)c(C(F)(F)F)c3)cc2)cc1. The molecular weight excluding hydrogens is 642 g/mol. The molecule has 4 aromatic rings. The number of alkyl halides is 6. The second-order valence-electron chi connectivity index (χ2n) is 13.1. The van der Waals surface area contributed by atoms with Gasteiger partial charge in [0, 0.05) is 22.4 Å². The van der Waals surface area contributed by atoms with Crippen LogP contribution in [-0.4, -0.2) is 17.4 Å². The molecule has 0 saturated carbocycles. The van der Waals surface area contributed by atoms with E-state index in [9.17, 15) is 35.9 Å². The lowest BCUT2D eigenvalue weighted by Gasteiger charge is -2.29. The molecule has 10 heteroatoms. The number of amides is 2. The predicted molar refractivity (Wildman–Crippen MR) is 181 cm³/mol. The Morgan fingerprint density at radius 1 is 0.571 bits per heavy atom. The van der Waals surface area contributed by atoms with Gasteiger partial charge in [-0.2, -0.15) is 26.3 Å². The van der Waals surface area contributed by atoms with Gasteiger partial charge in [-0.1, -0.05) is 70.2 Å². The van der Waals surface area contributed by atoms with Gasteiger partial charge in [-0.15, -0.1) is 0 Å². The highest BCUT2D eigenvalue weighted by Crippen LogP contribution is 2.45. The summed E-state index contributed by atoms with van der Waals surface area (Å²) in [5, 5.41) is 5.41. The van der Waals surface area contributed by atoms with Gasteiger partial charge in [-0.3, -0.25) is 9.59 Å². The van der Waals surface area contributed by atoms with Crippen LogP contribution in [0.4, 0.5) is 32.0 Å². The van der Waals surface area contributed by atoms with Crippen LogP contribution < -0.4 is 10.6 Å². The minimum absolute atomic E-state index is 0.157. The maximum absolute atomic E-state index is 14.3. The molecule has 2 N–H and O–H groups in total. The zero-order valence-electron chi connectivity index (χ0n) is 28.3. The van der Waals surface area contributed by atoms with Crippen LogP contribution in [0.1, 0.15) is 98.2 Å². The van der Waals surface area contributed by atoms with Crippen molar-refractivity contribution in [2.45, 2.75) is 84.1 Å². The number of anilines is 1. The summed E-state index contributed by atoms with van der Waals surface area (Å²) >= 11 is 0. The molecule has 0 spiro atoms. The molecule has 0 aliphatic heterocycles. The maximum Gasteiger partial charge on any atom is 0.417 e. The Morgan fingerprint density at radius 3 is 1.47 bits per heavy atom. The highest BCUT2D eigenvalue weighted by Gasteiger charge is 2.39. The molecule has 49 heavy (non-hydrogen) atoms. The highest BCUT2D eigenvalue weighted by molar-refractivity contribution is 6.04. The van der Waals surface area contributed by atoms with E-state index in [-0.39, 0.29) is 22.7 Å². The number of benzene rings is 4. The Hall–Kier alpha value is -4.60. The topological polar surface area (TPSA) is 58.2 Å². The zero-order chi connectivity index (χ0) is 36.4. The second-order valence-corrected chi connectivity index (χ2v) is 13.1. The minimum atomic E-state index is -5.01. The number of rotatable bonds is 10. The van der Waals surface area contributed by atoms with Gasteiger partial charge in [0.25, 0.3) is 11.8 Å². The van der Waals surface area contributed by atoms with E-state index in [0.717, 1.165) is 41.8 Å². The number of carbonyl (C=O) groups is 2. The van der Waals surface area contributed by atoms with Crippen LogP contribution in [0.25, 0.3) is 22.3 Å². The van der Waals surface area contributed by atoms with Crippen molar-refractivity contribution in [1.29, 1.82) is 0 Å². The number of carbonyl (C=O) groups excluding carboxylic acids is 2. The first-order chi connectivity index (χ1) is 22.8. The van der Waals surface area contributed by atoms with Crippen molar-refractivity contribution in [3.63, 3.8) is 0 Å². The van der Waals surface area contributed by atoms with E-state index in [4.69, 9.17) is 0 Å². The van der Waals surface area contributed by atoms with Crippen molar-refractivity contribution in [2.75, 3.05) is 5.32 Å². The van der Waals surface area contributed by atoms with Gasteiger partial charge in [-0.25, -0.2) is 0 Å². The summed E-state index contributed by atoms with van der Waals surface area (Å²) in [7, 11) is 0. The third-order valence-electron chi connectivity index (χ3n) is 9.42. The highest BCUT2D eigenvalue weighted by atomic mass is 19.4. The Bertz CT molecular complexity index is 1800. The first-order valence-electron chi connectivity index (χ1n) is 16.1. The summed E-state index contributed by atoms with van der Waals surface area (Å²) in [4.78, 5) is 25.6. The van der Waals surface area contributed by atoms with Crippen LogP contribution in [0.3, 0.4) is 0 Å². The van der Waals surface area contributed by atoms with Gasteiger partial charge in [0.1, 0.15) is 0 Å². The fourth-order valence-electron chi connectivity index (χ4n) is 5.44. The summed E-state index contributed by atoms with van der Waals surface area (Å²) in [5.74, 6) is -0.894. The monoisotopic (exact) mass is 682 g/mol. The maximum atomic E-state index is 14.3. The molecule has 0 radical (unpaired) electrons. The molecule has 4 rings (SSSR count). The Morgan fingerprint density at radius 2 is 1.02 bits per heavy atom. The van der Waals surface area contributed by atoms with E-state index < -0.39 is 45.9 Å². The lowest BCUT2D eigenvalue weighted by Crippen LogP contribution is -2.42. The lowest BCUT2D eigenvalue weighted by molar-refractivity contribution is -0.139. The number of hydrogen-bond donors (Lipinski definition) is 2. The first-order valence-corrected chi connectivity index (χ1v) is 16.1. The summed E-state index contributed by atoms with van der Waals surface area (Å²) in [6.45, 7) is 11.4. The average molecular weight is 683 g/mol. The molecule has 0 aliphatic carbocycles. The molecular formula is C39H40F6N2O2. The van der Waals surface area contributed by atoms with Crippen LogP contribution in [0, 0.1) is 0 Å². The van der Waals surface area contributed by atoms with Crippen LogP contribution in [0.15, 0.2) is 84.9 Å². The van der Waals surface area contributed by atoms with Crippen molar-refractivity contribution < 1.29 is 35.9 Å². The summed E-state index contributed by atoms with van der Waals surface area (Å²) in [6, 6.07) is 19.5. The molecule has 260 valence electrons. The summed E-state index contributed by atoms with van der Waals surface area (Å²) in [5.41, 5.74) is -2.27. The molecule has 0 aliphatic rings. The Kier molecular flexibility index (Phi) is 10.7. The van der Waals surface area contributed by atoms with Gasteiger partial charge in [0.05, 0.1) is 11.1 Å². The van der Waals surface area contributed by atoms with Crippen LogP contribution in [-0.2, 0) is 17.8 Å². The Balaban J connectivity index is 1.59. The van der Waals surface area contributed by atoms with E-state index in [1.54, 1.807) is 36.4 Å². The van der Waals surface area contributed by atoms with Gasteiger partial charge >= 0.3 is 12.4 Å². The number of halogens is 6. The van der Waals surface area contributed by atoms with E-state index >= 15 is 0 Å². The number of nitrogens with one attached hydrogen (secondary N) is 2. The molecule has 0 heterocycles. The van der Waals surface area contributed by atoms with Crippen molar-refractivity contribution in [3.05, 3.63) is 113 Å². The third-order valence-corrected chi connectivity index (χ3v) is 9.42. The van der Waals surface area contributed by atoms with E-state index in [2.05, 4.69) is 10.6 Å². The van der Waals surface area contributed by atoms with Gasteiger partial charge in [-0.05, 0) is 109 Å². The minimum Gasteiger partial charge on any atom is -0.347 e. The normalized spacial score (nSPS) is 12.5. The molecule has 4 nitrogen and oxygen atoms in total. The van der Waals surface area contributed by atoms with Crippen molar-refractivity contribution in [2.24, 2.45) is 0 Å². The molecule has 0 saturated heterocycles. The van der Waals surface area contributed by atoms with Crippen LogP contribution >= 0.6 is 0 Å². The van der Waals surface area contributed by atoms with Crippen molar-refractivity contribution in [3.8, 4) is 22.3 Å². The third kappa shape index (κ3) is 8.53. The fourth-order valence-corrected chi connectivity index (χ4v) is 5.44. The molecule has 2 amide bonds. The first kappa shape index (κ1) is 37.2. The largest absolute Gasteiger partial charge is 0.417 e. The van der Waals surface area contributed by atoms with Crippen LogP contribution in [0.5, 0.6) is 0 Å². The molecule has 0 bridgehead atoms. The van der Waals surface area contributed by atoms with Crippen LogP contribution in [0.2, 0.25) is 0 Å². The van der Waals surface area contributed by atoms with E-state index in [0.29, 0.717) is 30.0 Å². The zero-order valence-corrected chi connectivity index (χ0v) is 28.3. The fraction of sp³-hybridized carbons (Fsp3) is 0.333. The van der Waals surface area contributed by atoms with Gasteiger partial charge in [0.15, 0.2) is 0 Å². The lowest BCUT2D eigenvalue weighted by atomic mass is 9.76. The molecule has 4 aromatic carbocycles. The second kappa shape index (κ2) is 14.1. The number of hydrogen-bond acceptors (Lipinski definition) is 2. The summed E-state index contributed by atoms with van der Waals surface area (Å²) < 4.78 is 85.8. The molecule has 0 aromatic heterocycles. The van der Waals surface area contributed by atoms with Crippen molar-refractivity contribution in [1.82, 2.24) is 5.32 Å². The van der Waals surface area contributed by atoms with Gasteiger partial charge in [0.2, 0.25) is 0 Å². The standard InChI is InChI=1S/C39H40F6N2O2/c1-7-36(4,5)47-35(49)27-16-12-25(13-17-27)24-10-14-26(15-11-24)34(48)46-29-19-21-31(33(23-29)39(43,44)45)30-20-18-28(37(6,8-2)9-3)22-32(30)38(40,41)42/h10-23H,7-9H2,1-6H3,(H,46,48)(H,47,49). The molecule has 0 unspecified atom stereocenters. The van der Waals surface area contributed by atoms with Crippen molar-refractivity contribution >= 4 is 17.5 Å². The average Bonchev–Trinajstić information content (AvgIpc) is 3.06. The quantitative estimate of drug-likeness (QED) is 0.164. The van der Waals surface area contributed by atoms with E-state index in [1.165, 1.54) is 18.2 Å². The smallest absolute Gasteiger partial charge is 0.347 e. The predicted octanol–water partition coefficient (Wildman–Crippen LogP) is 11.3. The van der Waals surface area contributed by atoms with E-state index in [1.807, 2.05) is 41.5 Å². The molecule has 0 fully saturated rings. The van der Waals surface area contributed by atoms with Gasteiger partial charge < -0.3 is 10.6 Å². The Labute approximate surface area is 282 Å². The summed E-state index contributed by atoms with van der Waals surface area (Å²) in [6.07, 6.45) is -8.05.